The van der Waals surface area contributed by atoms with Crippen LogP contribution < -0.4 is 15.4 Å². The van der Waals surface area contributed by atoms with Crippen molar-refractivity contribution in [2.75, 3.05) is 17.3 Å². The van der Waals surface area contributed by atoms with Gasteiger partial charge in [0.15, 0.2) is 15.6 Å². The quantitative estimate of drug-likeness (QED) is 0.263. The molecule has 0 bridgehead atoms. The van der Waals surface area contributed by atoms with E-state index in [4.69, 9.17) is 20.9 Å². The summed E-state index contributed by atoms with van der Waals surface area (Å²) in [6.45, 7) is 3.80. The fourth-order valence-corrected chi connectivity index (χ4v) is 4.28. The molecule has 1 amide bonds. The number of carbonyl (C=O) groups is 1. The number of amides is 1. The molecule has 0 saturated heterocycles. The summed E-state index contributed by atoms with van der Waals surface area (Å²) in [4.78, 5) is 24.7. The second-order valence-corrected chi connectivity index (χ2v) is 10.8. The molecule has 196 valence electrons. The Kier molecular flexibility index (Phi) is 8.34. The third-order valence-corrected chi connectivity index (χ3v) is 6.19. The molecule has 3 heterocycles. The highest BCUT2D eigenvalue weighted by molar-refractivity contribution is 7.90. The highest BCUT2D eigenvalue weighted by Gasteiger charge is 2.16. The van der Waals surface area contributed by atoms with Gasteiger partial charge in [0.2, 0.25) is 5.91 Å². The molecule has 13 heteroatoms. The number of nitrogens with zero attached hydrogens (tertiary/aromatic N) is 4. The topological polar surface area (TPSA) is 149 Å². The van der Waals surface area contributed by atoms with Crippen LogP contribution >= 0.6 is 11.6 Å². The van der Waals surface area contributed by atoms with Crippen LogP contribution in [0.2, 0.25) is 5.02 Å². The standard InChI is InChI=1S/C25H23ClN6O5S/c1-16(14-38(2,34)35)25(33)29-11-19-10-23(37-32-19)20-12-27-15-30-24(20)31-17-6-7-22(21(26)9-17)36-13-18-5-3-4-8-28-18/h3-10,12,15H,1,11,13-14H2,2H3,(H,29,33)(H,27,30,31). The lowest BCUT2D eigenvalue weighted by Gasteiger charge is -2.11. The molecule has 3 aromatic heterocycles. The maximum atomic E-state index is 12.1. The van der Waals surface area contributed by atoms with Crippen LogP contribution in [0.3, 0.4) is 0 Å². The molecule has 4 rings (SSSR count). The van der Waals surface area contributed by atoms with Crippen LogP contribution in [0.4, 0.5) is 11.5 Å². The van der Waals surface area contributed by atoms with E-state index in [0.29, 0.717) is 39.3 Å². The molecule has 0 aliphatic carbocycles. The molecule has 2 N–H and O–H groups in total. The summed E-state index contributed by atoms with van der Waals surface area (Å²) in [5.41, 5.74) is 2.29. The van der Waals surface area contributed by atoms with Gasteiger partial charge in [0.25, 0.3) is 0 Å². The molecule has 38 heavy (non-hydrogen) atoms. The number of benzene rings is 1. The van der Waals surface area contributed by atoms with Crippen molar-refractivity contribution in [1.29, 1.82) is 0 Å². The van der Waals surface area contributed by atoms with Crippen LogP contribution in [0.15, 0.2) is 77.9 Å². The van der Waals surface area contributed by atoms with Crippen molar-refractivity contribution in [2.24, 2.45) is 0 Å². The fourth-order valence-electron chi connectivity index (χ4n) is 3.28. The van der Waals surface area contributed by atoms with E-state index in [1.807, 2.05) is 18.2 Å². The number of halogens is 1. The first-order valence-corrected chi connectivity index (χ1v) is 13.6. The zero-order valence-corrected chi connectivity index (χ0v) is 21.8. The maximum absolute atomic E-state index is 12.1. The van der Waals surface area contributed by atoms with Gasteiger partial charge in [0.05, 0.1) is 28.6 Å². The minimum atomic E-state index is -3.37. The number of anilines is 2. The molecule has 0 spiro atoms. The lowest BCUT2D eigenvalue weighted by atomic mass is 10.2. The highest BCUT2D eigenvalue weighted by Crippen LogP contribution is 2.32. The van der Waals surface area contributed by atoms with Crippen LogP contribution in [0, 0.1) is 0 Å². The molecule has 0 radical (unpaired) electrons. The van der Waals surface area contributed by atoms with Crippen LogP contribution in [-0.4, -0.2) is 46.4 Å². The number of hydrogen-bond acceptors (Lipinski definition) is 10. The Morgan fingerprint density at radius 3 is 2.74 bits per heavy atom. The van der Waals surface area contributed by atoms with Crippen molar-refractivity contribution < 1.29 is 22.5 Å². The van der Waals surface area contributed by atoms with Crippen molar-refractivity contribution >= 4 is 38.9 Å². The number of ether oxygens (including phenoxy) is 1. The second-order valence-electron chi connectivity index (χ2n) is 8.20. The molecular formula is C25H23ClN6O5S. The number of carbonyl (C=O) groups excluding carboxylic acids is 1. The minimum Gasteiger partial charge on any atom is -0.486 e. The molecule has 4 aromatic rings. The predicted molar refractivity (Wildman–Crippen MR) is 142 cm³/mol. The van der Waals surface area contributed by atoms with Crippen molar-refractivity contribution in [3.05, 3.63) is 89.7 Å². The van der Waals surface area contributed by atoms with Gasteiger partial charge in [-0.3, -0.25) is 9.78 Å². The smallest absolute Gasteiger partial charge is 0.247 e. The molecule has 1 aromatic carbocycles. The Labute approximate surface area is 223 Å². The Morgan fingerprint density at radius 2 is 2.00 bits per heavy atom. The van der Waals surface area contributed by atoms with Crippen LogP contribution in [0.25, 0.3) is 11.3 Å². The summed E-state index contributed by atoms with van der Waals surface area (Å²) in [6.07, 6.45) is 5.66. The lowest BCUT2D eigenvalue weighted by molar-refractivity contribution is -0.117. The van der Waals surface area contributed by atoms with Gasteiger partial charge < -0.3 is 19.9 Å². The van der Waals surface area contributed by atoms with Gasteiger partial charge in [-0.25, -0.2) is 18.4 Å². The van der Waals surface area contributed by atoms with Crippen molar-refractivity contribution in [1.82, 2.24) is 25.4 Å². The fraction of sp³-hybridized carbons (Fsp3) is 0.160. The molecule has 11 nitrogen and oxygen atoms in total. The third kappa shape index (κ3) is 7.37. The number of nitrogens with one attached hydrogen (secondary N) is 2. The SMILES string of the molecule is C=C(CS(C)(=O)=O)C(=O)NCc1cc(-c2cncnc2Nc2ccc(OCc3ccccn3)c(Cl)c2)on1. The number of hydrogen-bond donors (Lipinski definition) is 2. The molecular weight excluding hydrogens is 532 g/mol. The van der Waals surface area contributed by atoms with E-state index in [-0.39, 0.29) is 18.7 Å². The zero-order valence-electron chi connectivity index (χ0n) is 20.2. The Balaban J connectivity index is 1.41. The number of sulfone groups is 1. The molecule has 0 saturated carbocycles. The largest absolute Gasteiger partial charge is 0.486 e. The normalized spacial score (nSPS) is 11.1. The summed E-state index contributed by atoms with van der Waals surface area (Å²) in [7, 11) is -3.37. The number of pyridine rings is 1. The lowest BCUT2D eigenvalue weighted by Crippen LogP contribution is -2.27. The average molecular weight is 555 g/mol. The van der Waals surface area contributed by atoms with E-state index in [1.165, 1.54) is 6.33 Å². The molecule has 0 unspecified atom stereocenters. The van der Waals surface area contributed by atoms with Gasteiger partial charge in [-0.2, -0.15) is 0 Å². The Hall–Kier alpha value is -4.29. The number of aromatic nitrogens is 4. The first-order valence-electron chi connectivity index (χ1n) is 11.2. The van der Waals surface area contributed by atoms with Gasteiger partial charge in [-0.1, -0.05) is 29.4 Å². The number of rotatable bonds is 11. The first kappa shape index (κ1) is 26.8. The third-order valence-electron chi connectivity index (χ3n) is 5.02. The summed E-state index contributed by atoms with van der Waals surface area (Å²) in [5.74, 6) is 0.280. The van der Waals surface area contributed by atoms with E-state index in [9.17, 15) is 13.2 Å². The predicted octanol–water partition coefficient (Wildman–Crippen LogP) is 3.72. The zero-order chi connectivity index (χ0) is 27.1. The molecule has 0 fully saturated rings. The second kappa shape index (κ2) is 11.8. The van der Waals surface area contributed by atoms with Crippen molar-refractivity contribution in [3.8, 4) is 17.1 Å². The van der Waals surface area contributed by atoms with Crippen LogP contribution in [0.5, 0.6) is 5.75 Å². The van der Waals surface area contributed by atoms with E-state index in [1.54, 1.807) is 36.7 Å². The van der Waals surface area contributed by atoms with Crippen LogP contribution in [0.1, 0.15) is 11.4 Å². The van der Waals surface area contributed by atoms with Gasteiger partial charge in [-0.15, -0.1) is 0 Å². The monoisotopic (exact) mass is 554 g/mol. The van der Waals surface area contributed by atoms with E-state index < -0.39 is 21.5 Å². The Bertz CT molecular complexity index is 1560. The Morgan fingerprint density at radius 1 is 1.16 bits per heavy atom. The minimum absolute atomic E-state index is 0.0111. The van der Waals surface area contributed by atoms with Crippen LogP contribution in [-0.2, 0) is 27.8 Å². The van der Waals surface area contributed by atoms with Crippen molar-refractivity contribution in [2.45, 2.75) is 13.2 Å². The molecule has 0 aliphatic rings. The van der Waals surface area contributed by atoms with Gasteiger partial charge in [-0.05, 0) is 30.3 Å². The maximum Gasteiger partial charge on any atom is 0.247 e. The molecule has 0 aliphatic heterocycles. The molecule has 0 atom stereocenters. The first-order chi connectivity index (χ1) is 18.2. The summed E-state index contributed by atoms with van der Waals surface area (Å²) in [5, 5.41) is 10.1. The van der Waals surface area contributed by atoms with Crippen molar-refractivity contribution in [3.63, 3.8) is 0 Å². The van der Waals surface area contributed by atoms with E-state index >= 15 is 0 Å². The van der Waals surface area contributed by atoms with E-state index in [0.717, 1.165) is 11.9 Å². The highest BCUT2D eigenvalue weighted by atomic mass is 35.5. The van der Waals surface area contributed by atoms with Gasteiger partial charge in [0, 0.05) is 36.0 Å². The van der Waals surface area contributed by atoms with E-state index in [2.05, 4.69) is 37.3 Å². The van der Waals surface area contributed by atoms with Gasteiger partial charge >= 0.3 is 0 Å². The summed E-state index contributed by atoms with van der Waals surface area (Å²) < 4.78 is 33.9. The summed E-state index contributed by atoms with van der Waals surface area (Å²) >= 11 is 6.42. The summed E-state index contributed by atoms with van der Waals surface area (Å²) in [6, 6.07) is 12.4. The average Bonchev–Trinajstić information content (AvgIpc) is 3.35. The van der Waals surface area contributed by atoms with Gasteiger partial charge in [0.1, 0.15) is 30.2 Å².